The summed E-state index contributed by atoms with van der Waals surface area (Å²) in [5.74, 6) is 3.48. The van der Waals surface area contributed by atoms with Gasteiger partial charge in [0.1, 0.15) is 0 Å². The summed E-state index contributed by atoms with van der Waals surface area (Å²) >= 11 is 0. The van der Waals surface area contributed by atoms with E-state index in [1.807, 2.05) is 55.7 Å². The fraction of sp³-hybridized carbons (Fsp3) is 0.429. The Labute approximate surface area is 388 Å². The first kappa shape index (κ1) is 34.8. The fourth-order valence-electron chi connectivity index (χ4n) is 23.0. The topological polar surface area (TPSA) is 63.6 Å². The van der Waals surface area contributed by atoms with Crippen molar-refractivity contribution >= 4 is 44.3 Å². The van der Waals surface area contributed by atoms with Crippen molar-refractivity contribution in [3.05, 3.63) is 150 Å². The zero-order valence-electron chi connectivity index (χ0n) is 38.0. The molecule has 20 rings (SSSR count). The summed E-state index contributed by atoms with van der Waals surface area (Å²) < 4.78 is 5.29. The van der Waals surface area contributed by atoms with Crippen molar-refractivity contribution in [3.63, 3.8) is 0 Å². The average Bonchev–Trinajstić information content (AvgIpc) is 3.73. The first-order chi connectivity index (χ1) is 33.0. The van der Waals surface area contributed by atoms with Crippen molar-refractivity contribution in [2.75, 3.05) is 7.11 Å². The first-order valence-electron chi connectivity index (χ1n) is 26.6. The lowest BCUT2D eigenvalue weighted by Crippen LogP contribution is -2.30. The van der Waals surface area contributed by atoms with Gasteiger partial charge in [0, 0.05) is 58.2 Å². The van der Waals surface area contributed by atoms with Crippen LogP contribution in [-0.2, 0) is 36.0 Å². The van der Waals surface area contributed by atoms with E-state index in [0.717, 1.165) is 25.7 Å². The van der Waals surface area contributed by atoms with E-state index in [4.69, 9.17) is 4.74 Å². The molecule has 326 valence electrons. The van der Waals surface area contributed by atoms with Crippen molar-refractivity contribution in [3.8, 4) is 11.1 Å². The number of carbonyl (C=O) groups excluding carboxylic acids is 1. The van der Waals surface area contributed by atoms with Crippen LogP contribution in [0.5, 0.6) is 0 Å². The first-order valence-corrected chi connectivity index (χ1v) is 26.6. The third-order valence-electron chi connectivity index (χ3n) is 23.8. The van der Waals surface area contributed by atoms with Crippen LogP contribution in [0.25, 0.3) is 43.4 Å². The van der Waals surface area contributed by atoms with Gasteiger partial charge in [-0.2, -0.15) is 0 Å². The molecular formula is C63H50O4. The SMILES string of the molecule is COC(=O)CCCC1(c2ccccc2)C2=C3C4CCC5c6c4c4c7c8c6c6c9c%10c%11c%12c%13c%14c%15c(c-7c%13c%108)C(C(=C21)C%15CCC%14C%12CCC%111C(CCCC(=O)O)(c2ccccc2)C91CCC65)C34. The van der Waals surface area contributed by atoms with E-state index >= 15 is 0 Å². The van der Waals surface area contributed by atoms with Gasteiger partial charge in [0.2, 0.25) is 0 Å². The van der Waals surface area contributed by atoms with Crippen LogP contribution in [-0.4, -0.2) is 24.2 Å². The Morgan fingerprint density at radius 1 is 0.552 bits per heavy atom. The molecule has 10 atom stereocenters. The Morgan fingerprint density at radius 3 is 1.61 bits per heavy atom. The molecule has 0 aliphatic heterocycles. The van der Waals surface area contributed by atoms with Gasteiger partial charge in [-0.25, -0.2) is 0 Å². The standard InChI is InChI=1S/C63H50O4/c1-67-35(66)15-9-22-60(26-10-4-2-5-11-26)58-42-32-18-16-28-30-20-24-62-56-40(30)44-36(28)38(32)46-48(42)49-43(59(58)60)33-19-17-29-31-21-25-63(62,61(62,23-8-14-34(64)65)27-12-6-3-7-13-27)57-41(31)45-37(29)39(33)47(49)53-51(45)54(55(56)57)50(44)52(46)53/h2-7,10-13,28-33,48-49H,8-9,14-25H2,1H3,(H,64,65). The largest absolute Gasteiger partial charge is 0.481 e. The lowest BCUT2D eigenvalue weighted by molar-refractivity contribution is -0.141. The van der Waals surface area contributed by atoms with Crippen molar-refractivity contribution in [2.24, 2.45) is 0 Å². The predicted molar refractivity (Wildman–Crippen MR) is 258 cm³/mol. The molecule has 6 aromatic carbocycles. The molecular weight excluding hydrogens is 821 g/mol. The van der Waals surface area contributed by atoms with Crippen LogP contribution in [0.4, 0.5) is 0 Å². The van der Waals surface area contributed by atoms with E-state index in [-0.39, 0.29) is 34.1 Å². The Kier molecular flexibility index (Phi) is 5.25. The van der Waals surface area contributed by atoms with Gasteiger partial charge in [0.25, 0.3) is 0 Å². The summed E-state index contributed by atoms with van der Waals surface area (Å²) in [7, 11) is 1.55. The van der Waals surface area contributed by atoms with Crippen molar-refractivity contribution in [1.82, 2.24) is 0 Å². The predicted octanol–water partition coefficient (Wildman–Crippen LogP) is 13.6. The molecule has 1 N–H and O–H groups in total. The van der Waals surface area contributed by atoms with Crippen LogP contribution in [0.1, 0.15) is 204 Å². The van der Waals surface area contributed by atoms with Gasteiger partial charge in [-0.15, -0.1) is 0 Å². The maximum atomic E-state index is 12.9. The zero-order valence-corrected chi connectivity index (χ0v) is 38.0. The molecule has 67 heavy (non-hydrogen) atoms. The number of carbonyl (C=O) groups is 2. The normalized spacial score (nSPS) is 37.8. The number of allylic oxidation sites excluding steroid dienone is 4. The van der Waals surface area contributed by atoms with Crippen molar-refractivity contribution in [1.29, 1.82) is 0 Å². The third-order valence-corrected chi connectivity index (χ3v) is 23.8. The Balaban J connectivity index is 0.974. The molecule has 4 nitrogen and oxygen atoms in total. The third kappa shape index (κ3) is 2.90. The van der Waals surface area contributed by atoms with Gasteiger partial charge in [0.05, 0.1) is 7.11 Å². The molecule has 0 heterocycles. The molecule has 0 bridgehead atoms. The summed E-state index contributed by atoms with van der Waals surface area (Å²) in [5, 5.41) is 20.6. The van der Waals surface area contributed by atoms with Gasteiger partial charge < -0.3 is 9.84 Å². The number of aliphatic carboxylic acids is 1. The van der Waals surface area contributed by atoms with Crippen LogP contribution in [0.3, 0.4) is 0 Å². The molecule has 2 fully saturated rings. The number of fused-ring (bicyclic) bond motifs is 5. The van der Waals surface area contributed by atoms with Crippen LogP contribution < -0.4 is 0 Å². The van der Waals surface area contributed by atoms with Gasteiger partial charge in [-0.1, -0.05) is 60.7 Å². The summed E-state index contributed by atoms with van der Waals surface area (Å²) in [4.78, 5) is 25.3. The summed E-state index contributed by atoms with van der Waals surface area (Å²) in [6.45, 7) is 0. The zero-order chi connectivity index (χ0) is 43.3. The minimum Gasteiger partial charge on any atom is -0.481 e. The molecule has 6 aromatic rings. The number of esters is 1. The molecule has 0 aromatic heterocycles. The van der Waals surface area contributed by atoms with E-state index in [1.54, 1.807) is 72.8 Å². The maximum Gasteiger partial charge on any atom is 0.305 e. The number of methoxy groups -OCH3 is 1. The number of carboxylic acids is 1. The Hall–Kier alpha value is -5.48. The summed E-state index contributed by atoms with van der Waals surface area (Å²) in [5.41, 5.74) is 31.5. The van der Waals surface area contributed by atoms with E-state index in [0.29, 0.717) is 53.8 Å². The smallest absolute Gasteiger partial charge is 0.305 e. The number of ether oxygens (including phenoxy) is 1. The van der Waals surface area contributed by atoms with Crippen molar-refractivity contribution in [2.45, 2.75) is 159 Å². The minimum atomic E-state index is -0.648. The molecule has 0 amide bonds. The van der Waals surface area contributed by atoms with Crippen LogP contribution >= 0.6 is 0 Å². The van der Waals surface area contributed by atoms with E-state index in [1.165, 1.54) is 62.5 Å². The molecule has 0 saturated heterocycles. The van der Waals surface area contributed by atoms with Gasteiger partial charge >= 0.3 is 11.9 Å². The Morgan fingerprint density at radius 2 is 1.07 bits per heavy atom. The molecule has 10 unspecified atom stereocenters. The van der Waals surface area contributed by atoms with Gasteiger partial charge in [-0.3, -0.25) is 9.59 Å². The molecule has 14 aliphatic rings. The summed E-state index contributed by atoms with van der Waals surface area (Å²) in [6.07, 6.45) is 14.4. The second-order valence-electron chi connectivity index (χ2n) is 24.5. The number of hydrogen-bond donors (Lipinski definition) is 1. The Bertz CT molecular complexity index is 3580. The van der Waals surface area contributed by atoms with Gasteiger partial charge in [0.15, 0.2) is 0 Å². The fourth-order valence-corrected chi connectivity index (χ4v) is 23.0. The van der Waals surface area contributed by atoms with E-state index < -0.39 is 5.97 Å². The molecule has 2 spiro atoms. The highest BCUT2D eigenvalue weighted by atomic mass is 16.5. The number of carboxylic acid groups (broad SMARTS) is 1. The van der Waals surface area contributed by atoms with Crippen LogP contribution in [0.2, 0.25) is 0 Å². The van der Waals surface area contributed by atoms with E-state index in [2.05, 4.69) is 60.7 Å². The van der Waals surface area contributed by atoms with Gasteiger partial charge in [-0.05, 0) is 233 Å². The highest BCUT2D eigenvalue weighted by molar-refractivity contribution is 6.40. The minimum absolute atomic E-state index is 0.0223. The number of rotatable bonds is 10. The summed E-state index contributed by atoms with van der Waals surface area (Å²) in [6, 6.07) is 23.4. The molecule has 2 saturated carbocycles. The lowest BCUT2D eigenvalue weighted by Gasteiger charge is -2.38. The number of hydrogen-bond acceptors (Lipinski definition) is 3. The van der Waals surface area contributed by atoms with Crippen molar-refractivity contribution < 1.29 is 19.4 Å². The quantitative estimate of drug-likeness (QED) is 0.110. The van der Waals surface area contributed by atoms with E-state index in [9.17, 15) is 14.7 Å². The lowest BCUT2D eigenvalue weighted by atomic mass is 9.64. The van der Waals surface area contributed by atoms with Crippen LogP contribution in [0.15, 0.2) is 83.0 Å². The molecule has 4 heteroatoms. The highest BCUT2D eigenvalue weighted by Gasteiger charge is 2.91. The highest BCUT2D eigenvalue weighted by Crippen LogP contribution is 2.94. The average molecular weight is 871 g/mol. The maximum absolute atomic E-state index is 12.9. The number of benzene rings is 6. The second-order valence-corrected chi connectivity index (χ2v) is 24.5. The van der Waals surface area contributed by atoms with Crippen LogP contribution in [0, 0.1) is 0 Å². The second kappa shape index (κ2) is 10.1. The monoisotopic (exact) mass is 870 g/mol. The molecule has 0 radical (unpaired) electrons. The molecule has 14 aliphatic carbocycles.